The predicted molar refractivity (Wildman–Crippen MR) is 57.6 cm³/mol. The molecule has 0 saturated heterocycles. The van der Waals surface area contributed by atoms with Crippen molar-refractivity contribution in [1.82, 2.24) is 0 Å². The molecule has 0 bridgehead atoms. The molecule has 0 atom stereocenters. The summed E-state index contributed by atoms with van der Waals surface area (Å²) in [7, 11) is 0. The highest BCUT2D eigenvalue weighted by Crippen LogP contribution is 2.01. The van der Waals surface area contributed by atoms with Crippen molar-refractivity contribution in [3.8, 4) is 0 Å². The van der Waals surface area contributed by atoms with E-state index in [1.165, 1.54) is 0 Å². The molecule has 0 aliphatic heterocycles. The Morgan fingerprint density at radius 2 is 2.00 bits per heavy atom. The van der Waals surface area contributed by atoms with Gasteiger partial charge in [-0.15, -0.1) is 0 Å². The molecule has 0 saturated carbocycles. The minimum Gasteiger partial charge on any atom is -0.435 e. The van der Waals surface area contributed by atoms with Crippen molar-refractivity contribution < 1.29 is 14.3 Å². The van der Waals surface area contributed by atoms with Gasteiger partial charge in [0.05, 0.1) is 12.2 Å². The molecule has 0 aliphatic rings. The van der Waals surface area contributed by atoms with Gasteiger partial charge in [0.1, 0.15) is 0 Å². The summed E-state index contributed by atoms with van der Waals surface area (Å²) in [6.07, 6.45) is 2.06. The smallest absolute Gasteiger partial charge is 0.340 e. The summed E-state index contributed by atoms with van der Waals surface area (Å²) in [6, 6.07) is 8.89. The van der Waals surface area contributed by atoms with Gasteiger partial charge in [-0.3, -0.25) is 0 Å². The van der Waals surface area contributed by atoms with Crippen LogP contribution < -0.4 is 0 Å². The first-order chi connectivity index (χ1) is 7.34. The van der Waals surface area contributed by atoms with Crippen LogP contribution in [0.5, 0.6) is 0 Å². The van der Waals surface area contributed by atoms with Gasteiger partial charge in [0, 0.05) is 0 Å². The monoisotopic (exact) mass is 208 g/mol. The van der Waals surface area contributed by atoms with Crippen molar-refractivity contribution in [3.05, 3.63) is 35.9 Å². The van der Waals surface area contributed by atoms with Crippen LogP contribution in [0.25, 0.3) is 0 Å². The number of hydrogen-bond acceptors (Lipinski definition) is 3. The Morgan fingerprint density at radius 3 is 2.67 bits per heavy atom. The van der Waals surface area contributed by atoms with E-state index in [-0.39, 0.29) is 12.8 Å². The Labute approximate surface area is 90.0 Å². The second-order valence-corrected chi connectivity index (χ2v) is 3.18. The fourth-order valence-corrected chi connectivity index (χ4v) is 1.06. The fourth-order valence-electron chi connectivity index (χ4n) is 1.06. The number of unbranched alkanes of at least 4 members (excludes halogenated alkanes) is 1. The Kier molecular flexibility index (Phi) is 5.48. The number of carbonyl (C=O) groups is 1. The van der Waals surface area contributed by atoms with Crippen LogP contribution in [-0.2, 0) is 9.47 Å². The van der Waals surface area contributed by atoms with Gasteiger partial charge in [-0.1, -0.05) is 31.5 Å². The van der Waals surface area contributed by atoms with Crippen molar-refractivity contribution in [2.45, 2.75) is 19.8 Å². The van der Waals surface area contributed by atoms with Crippen molar-refractivity contribution >= 4 is 5.97 Å². The molecular formula is C12H16O3. The topological polar surface area (TPSA) is 35.5 Å². The van der Waals surface area contributed by atoms with E-state index in [4.69, 9.17) is 9.47 Å². The highest BCUT2D eigenvalue weighted by Gasteiger charge is 2.04. The third kappa shape index (κ3) is 4.61. The Balaban J connectivity index is 2.20. The normalized spacial score (nSPS) is 9.93. The number of hydrogen-bond donors (Lipinski definition) is 0. The van der Waals surface area contributed by atoms with E-state index in [2.05, 4.69) is 6.92 Å². The molecule has 0 radical (unpaired) electrons. The van der Waals surface area contributed by atoms with Crippen LogP contribution in [-0.4, -0.2) is 19.4 Å². The van der Waals surface area contributed by atoms with Crippen molar-refractivity contribution in [2.24, 2.45) is 0 Å². The Hall–Kier alpha value is -1.35. The van der Waals surface area contributed by atoms with Gasteiger partial charge in [0.2, 0.25) is 0 Å². The molecule has 0 unspecified atom stereocenters. The minimum absolute atomic E-state index is 0.0354. The van der Waals surface area contributed by atoms with Crippen LogP contribution in [0.15, 0.2) is 30.3 Å². The van der Waals surface area contributed by atoms with E-state index < -0.39 is 0 Å². The first kappa shape index (κ1) is 11.7. The lowest BCUT2D eigenvalue weighted by molar-refractivity contribution is -0.0320. The second-order valence-electron chi connectivity index (χ2n) is 3.18. The van der Waals surface area contributed by atoms with Gasteiger partial charge < -0.3 is 9.47 Å². The summed E-state index contributed by atoms with van der Waals surface area (Å²) in [5.74, 6) is -0.341. The second kappa shape index (κ2) is 7.01. The lowest BCUT2D eigenvalue weighted by atomic mass is 10.2. The SMILES string of the molecule is CCCCOCOC(=O)c1ccccc1. The number of rotatable bonds is 6. The van der Waals surface area contributed by atoms with Crippen molar-refractivity contribution in [2.75, 3.05) is 13.4 Å². The summed E-state index contributed by atoms with van der Waals surface area (Å²) < 4.78 is 10.0. The maximum Gasteiger partial charge on any atom is 0.340 e. The van der Waals surface area contributed by atoms with E-state index in [0.29, 0.717) is 12.2 Å². The lowest BCUT2D eigenvalue weighted by Gasteiger charge is -2.05. The molecule has 3 nitrogen and oxygen atoms in total. The van der Waals surface area contributed by atoms with Crippen molar-refractivity contribution in [3.63, 3.8) is 0 Å². The molecule has 0 N–H and O–H groups in total. The molecule has 0 amide bonds. The van der Waals surface area contributed by atoms with Gasteiger partial charge in [0.15, 0.2) is 6.79 Å². The Bertz CT molecular complexity index is 282. The maximum absolute atomic E-state index is 11.4. The standard InChI is InChI=1S/C12H16O3/c1-2-3-9-14-10-15-12(13)11-7-5-4-6-8-11/h4-8H,2-3,9-10H2,1H3. The molecule has 15 heavy (non-hydrogen) atoms. The fraction of sp³-hybridized carbons (Fsp3) is 0.417. The quantitative estimate of drug-likeness (QED) is 0.409. The van der Waals surface area contributed by atoms with Gasteiger partial charge in [-0.05, 0) is 18.6 Å². The number of benzene rings is 1. The molecule has 1 aromatic carbocycles. The molecule has 0 aliphatic carbocycles. The molecule has 1 aromatic rings. The molecule has 0 fully saturated rings. The average molecular weight is 208 g/mol. The molecule has 1 rings (SSSR count). The minimum atomic E-state index is -0.341. The lowest BCUT2D eigenvalue weighted by Crippen LogP contribution is -2.09. The number of esters is 1. The third-order valence-electron chi connectivity index (χ3n) is 1.93. The summed E-state index contributed by atoms with van der Waals surface area (Å²) in [5, 5.41) is 0. The zero-order valence-electron chi connectivity index (χ0n) is 8.94. The van der Waals surface area contributed by atoms with Crippen LogP contribution >= 0.6 is 0 Å². The largest absolute Gasteiger partial charge is 0.435 e. The van der Waals surface area contributed by atoms with E-state index in [1.54, 1.807) is 24.3 Å². The molecule has 0 aromatic heterocycles. The zero-order valence-corrected chi connectivity index (χ0v) is 8.94. The molecule has 0 heterocycles. The van der Waals surface area contributed by atoms with Gasteiger partial charge in [0.25, 0.3) is 0 Å². The first-order valence-corrected chi connectivity index (χ1v) is 5.14. The van der Waals surface area contributed by atoms with Gasteiger partial charge in [-0.2, -0.15) is 0 Å². The van der Waals surface area contributed by atoms with Gasteiger partial charge in [-0.25, -0.2) is 4.79 Å². The molecule has 3 heteroatoms. The highest BCUT2D eigenvalue weighted by atomic mass is 16.7. The first-order valence-electron chi connectivity index (χ1n) is 5.14. The number of ether oxygens (including phenoxy) is 2. The van der Waals surface area contributed by atoms with Crippen LogP contribution in [0.2, 0.25) is 0 Å². The molecule has 82 valence electrons. The average Bonchev–Trinajstić information content (AvgIpc) is 2.30. The van der Waals surface area contributed by atoms with Crippen LogP contribution in [0, 0.1) is 0 Å². The summed E-state index contributed by atoms with van der Waals surface area (Å²) >= 11 is 0. The van der Waals surface area contributed by atoms with E-state index in [0.717, 1.165) is 12.8 Å². The van der Waals surface area contributed by atoms with E-state index >= 15 is 0 Å². The zero-order chi connectivity index (χ0) is 10.9. The summed E-state index contributed by atoms with van der Waals surface area (Å²) in [6.45, 7) is 2.76. The predicted octanol–water partition coefficient (Wildman–Crippen LogP) is 2.62. The summed E-state index contributed by atoms with van der Waals surface area (Å²) in [5.41, 5.74) is 0.552. The van der Waals surface area contributed by atoms with Gasteiger partial charge >= 0.3 is 5.97 Å². The third-order valence-corrected chi connectivity index (χ3v) is 1.93. The molecule has 0 spiro atoms. The summed E-state index contributed by atoms with van der Waals surface area (Å²) in [4.78, 5) is 11.4. The molecular weight excluding hydrogens is 192 g/mol. The maximum atomic E-state index is 11.4. The van der Waals surface area contributed by atoms with Crippen LogP contribution in [0.3, 0.4) is 0 Å². The number of carbonyl (C=O) groups excluding carboxylic acids is 1. The van der Waals surface area contributed by atoms with Crippen molar-refractivity contribution in [1.29, 1.82) is 0 Å². The van der Waals surface area contributed by atoms with Crippen LogP contribution in [0.1, 0.15) is 30.1 Å². The van der Waals surface area contributed by atoms with E-state index in [1.807, 2.05) is 6.07 Å². The Morgan fingerprint density at radius 1 is 1.27 bits per heavy atom. The highest BCUT2D eigenvalue weighted by molar-refractivity contribution is 5.89. The van der Waals surface area contributed by atoms with Crippen LogP contribution in [0.4, 0.5) is 0 Å². The van der Waals surface area contributed by atoms with E-state index in [9.17, 15) is 4.79 Å².